The number of hydrogen-bond donors (Lipinski definition) is 1. The van der Waals surface area contributed by atoms with Crippen LogP contribution in [0, 0.1) is 12.7 Å². The van der Waals surface area contributed by atoms with E-state index in [1.807, 2.05) is 37.3 Å². The van der Waals surface area contributed by atoms with E-state index in [0.717, 1.165) is 36.2 Å². The van der Waals surface area contributed by atoms with Crippen molar-refractivity contribution in [2.24, 2.45) is 0 Å². The van der Waals surface area contributed by atoms with Gasteiger partial charge >= 0.3 is 0 Å². The third-order valence-corrected chi connectivity index (χ3v) is 5.85. The van der Waals surface area contributed by atoms with Gasteiger partial charge in [-0.3, -0.25) is 9.59 Å². The summed E-state index contributed by atoms with van der Waals surface area (Å²) in [5.74, 6) is -0.912. The molecule has 0 aliphatic heterocycles. The standard InChI is InChI=1S/C28H35FN4O2/c1-6-7-12-17-32(27(35)21-14-9-10-15-22(21)29)19-26(34)30-25-18-24(28(3,4)5)31-33(25)23-16-11-8-13-20(23)2/h8-11,13-16,18H,6-7,12,17,19H2,1-5H3,(H,30,34). The molecule has 0 radical (unpaired) electrons. The highest BCUT2D eigenvalue weighted by Gasteiger charge is 2.24. The molecule has 3 rings (SSSR count). The number of nitrogens with one attached hydrogen (secondary N) is 1. The average molecular weight is 479 g/mol. The topological polar surface area (TPSA) is 67.2 Å². The van der Waals surface area contributed by atoms with Crippen LogP contribution in [0.25, 0.3) is 5.69 Å². The maximum atomic E-state index is 14.3. The van der Waals surface area contributed by atoms with Gasteiger partial charge in [-0.05, 0) is 37.1 Å². The summed E-state index contributed by atoms with van der Waals surface area (Å²) in [6, 6.07) is 15.5. The van der Waals surface area contributed by atoms with Gasteiger partial charge in [-0.15, -0.1) is 0 Å². The van der Waals surface area contributed by atoms with Crippen LogP contribution in [0.4, 0.5) is 10.2 Å². The Morgan fingerprint density at radius 1 is 1.06 bits per heavy atom. The highest BCUT2D eigenvalue weighted by atomic mass is 19.1. The summed E-state index contributed by atoms with van der Waals surface area (Å²) >= 11 is 0. The molecule has 0 fully saturated rings. The van der Waals surface area contributed by atoms with Crippen LogP contribution in [0.5, 0.6) is 0 Å². The van der Waals surface area contributed by atoms with E-state index in [4.69, 9.17) is 5.10 Å². The number of nitrogens with zero attached hydrogens (tertiary/aromatic N) is 3. The second kappa shape index (κ2) is 11.3. The highest BCUT2D eigenvalue weighted by Crippen LogP contribution is 2.27. The molecule has 0 spiro atoms. The van der Waals surface area contributed by atoms with Crippen molar-refractivity contribution in [3.05, 3.63) is 77.2 Å². The molecule has 0 atom stereocenters. The molecule has 2 aromatic carbocycles. The minimum Gasteiger partial charge on any atom is -0.329 e. The number of aromatic nitrogens is 2. The normalized spacial score (nSPS) is 11.4. The van der Waals surface area contributed by atoms with E-state index in [1.54, 1.807) is 16.8 Å². The molecule has 6 nitrogen and oxygen atoms in total. The van der Waals surface area contributed by atoms with Gasteiger partial charge in [0.25, 0.3) is 5.91 Å². The summed E-state index contributed by atoms with van der Waals surface area (Å²) in [6.45, 7) is 10.4. The third kappa shape index (κ3) is 6.56. The van der Waals surface area contributed by atoms with Crippen LogP contribution < -0.4 is 5.32 Å². The summed E-state index contributed by atoms with van der Waals surface area (Å²) in [5, 5.41) is 7.72. The second-order valence-electron chi connectivity index (χ2n) is 9.82. The van der Waals surface area contributed by atoms with Crippen molar-refractivity contribution in [1.29, 1.82) is 0 Å². The summed E-state index contributed by atoms with van der Waals surface area (Å²) in [6.07, 6.45) is 2.62. The Kier molecular flexibility index (Phi) is 8.43. The van der Waals surface area contributed by atoms with E-state index in [0.29, 0.717) is 12.4 Å². The zero-order valence-electron chi connectivity index (χ0n) is 21.3. The van der Waals surface area contributed by atoms with Crippen molar-refractivity contribution in [3.63, 3.8) is 0 Å². The minimum absolute atomic E-state index is 0.0308. The number of carbonyl (C=O) groups is 2. The Balaban J connectivity index is 1.87. The number of benzene rings is 2. The number of unbranched alkanes of at least 4 members (excludes halogenated alkanes) is 2. The van der Waals surface area contributed by atoms with Crippen molar-refractivity contribution < 1.29 is 14.0 Å². The van der Waals surface area contributed by atoms with Crippen LogP contribution >= 0.6 is 0 Å². The number of para-hydroxylation sites is 1. The lowest BCUT2D eigenvalue weighted by Gasteiger charge is -2.22. The molecule has 0 saturated carbocycles. The SMILES string of the molecule is CCCCCN(CC(=O)Nc1cc(C(C)(C)C)nn1-c1ccccc1C)C(=O)c1ccccc1F. The van der Waals surface area contributed by atoms with Crippen LogP contribution in [-0.2, 0) is 10.2 Å². The largest absolute Gasteiger partial charge is 0.329 e. The fourth-order valence-corrected chi connectivity index (χ4v) is 3.79. The average Bonchev–Trinajstić information content (AvgIpc) is 3.22. The summed E-state index contributed by atoms with van der Waals surface area (Å²) < 4.78 is 16.0. The van der Waals surface area contributed by atoms with E-state index in [2.05, 4.69) is 33.0 Å². The number of carbonyl (C=O) groups excluding carboxylic acids is 2. The summed E-state index contributed by atoms with van der Waals surface area (Å²) in [4.78, 5) is 27.7. The molecule has 1 aromatic heterocycles. The van der Waals surface area contributed by atoms with Crippen molar-refractivity contribution in [2.75, 3.05) is 18.4 Å². The lowest BCUT2D eigenvalue weighted by atomic mass is 9.92. The molecule has 0 bridgehead atoms. The second-order valence-corrected chi connectivity index (χ2v) is 9.82. The molecule has 7 heteroatoms. The van der Waals surface area contributed by atoms with Crippen molar-refractivity contribution in [3.8, 4) is 5.69 Å². The number of halogens is 1. The van der Waals surface area contributed by atoms with Gasteiger partial charge in [-0.2, -0.15) is 5.10 Å². The van der Waals surface area contributed by atoms with Gasteiger partial charge in [0.2, 0.25) is 5.91 Å². The first-order valence-electron chi connectivity index (χ1n) is 12.1. The number of anilines is 1. The van der Waals surface area contributed by atoms with Gasteiger partial charge in [0.05, 0.1) is 16.9 Å². The Bertz CT molecular complexity index is 1180. The molecule has 1 N–H and O–H groups in total. The molecule has 3 aromatic rings. The molecule has 35 heavy (non-hydrogen) atoms. The molecule has 186 valence electrons. The Labute approximate surface area is 207 Å². The molecule has 0 unspecified atom stereocenters. The smallest absolute Gasteiger partial charge is 0.257 e. The lowest BCUT2D eigenvalue weighted by Crippen LogP contribution is -2.39. The first kappa shape index (κ1) is 26.1. The van der Waals surface area contributed by atoms with Crippen LogP contribution in [0.1, 0.15) is 68.6 Å². The van der Waals surface area contributed by atoms with Crippen LogP contribution in [-0.4, -0.2) is 39.6 Å². The van der Waals surface area contributed by atoms with E-state index in [-0.39, 0.29) is 23.4 Å². The molecule has 0 aliphatic rings. The minimum atomic E-state index is -0.592. The van der Waals surface area contributed by atoms with Crippen molar-refractivity contribution in [2.45, 2.75) is 59.3 Å². The fourth-order valence-electron chi connectivity index (χ4n) is 3.79. The van der Waals surface area contributed by atoms with Gasteiger partial charge < -0.3 is 10.2 Å². The maximum absolute atomic E-state index is 14.3. The van der Waals surface area contributed by atoms with Gasteiger partial charge in [0.1, 0.15) is 18.2 Å². The first-order valence-corrected chi connectivity index (χ1v) is 12.1. The fraction of sp³-hybridized carbons (Fsp3) is 0.393. The molecule has 0 aliphatic carbocycles. The van der Waals surface area contributed by atoms with Crippen LogP contribution in [0.3, 0.4) is 0 Å². The number of aryl methyl sites for hydroxylation is 1. The van der Waals surface area contributed by atoms with Gasteiger partial charge in [0, 0.05) is 18.0 Å². The zero-order valence-corrected chi connectivity index (χ0v) is 21.3. The van der Waals surface area contributed by atoms with E-state index in [1.165, 1.54) is 17.0 Å². The van der Waals surface area contributed by atoms with Crippen molar-refractivity contribution in [1.82, 2.24) is 14.7 Å². The van der Waals surface area contributed by atoms with Crippen molar-refractivity contribution >= 4 is 17.6 Å². The Hall–Kier alpha value is -3.48. The number of hydrogen-bond acceptors (Lipinski definition) is 3. The molecule has 1 heterocycles. The van der Waals surface area contributed by atoms with E-state index >= 15 is 0 Å². The quantitative estimate of drug-likeness (QED) is 0.390. The lowest BCUT2D eigenvalue weighted by molar-refractivity contribution is -0.117. The number of rotatable bonds is 9. The van der Waals surface area contributed by atoms with Gasteiger partial charge in [0.15, 0.2) is 0 Å². The maximum Gasteiger partial charge on any atom is 0.257 e. The Morgan fingerprint density at radius 2 is 1.74 bits per heavy atom. The predicted octanol–water partition coefficient (Wildman–Crippen LogP) is 5.89. The summed E-state index contributed by atoms with van der Waals surface area (Å²) in [5.41, 5.74) is 2.46. The van der Waals surface area contributed by atoms with Crippen LogP contribution in [0.15, 0.2) is 54.6 Å². The third-order valence-electron chi connectivity index (χ3n) is 5.85. The van der Waals surface area contributed by atoms with E-state index < -0.39 is 11.7 Å². The monoisotopic (exact) mass is 478 g/mol. The molecular weight excluding hydrogens is 443 g/mol. The Morgan fingerprint density at radius 3 is 2.40 bits per heavy atom. The van der Waals surface area contributed by atoms with Crippen LogP contribution in [0.2, 0.25) is 0 Å². The highest BCUT2D eigenvalue weighted by molar-refractivity contribution is 5.99. The van der Waals surface area contributed by atoms with E-state index in [9.17, 15) is 14.0 Å². The zero-order chi connectivity index (χ0) is 25.6. The predicted molar refractivity (Wildman–Crippen MR) is 137 cm³/mol. The van der Waals surface area contributed by atoms with Gasteiger partial charge in [-0.1, -0.05) is 70.9 Å². The molecular formula is C28H35FN4O2. The summed E-state index contributed by atoms with van der Waals surface area (Å²) in [7, 11) is 0. The molecule has 0 saturated heterocycles. The van der Waals surface area contributed by atoms with Gasteiger partial charge in [-0.25, -0.2) is 9.07 Å². The number of amides is 2. The first-order chi connectivity index (χ1) is 16.6. The molecule has 2 amide bonds.